The van der Waals surface area contributed by atoms with Gasteiger partial charge in [-0.2, -0.15) is 0 Å². The maximum absolute atomic E-state index is 12.6. The molecule has 2 rings (SSSR count). The van der Waals surface area contributed by atoms with Crippen LogP contribution in [0.5, 0.6) is 0 Å². The van der Waals surface area contributed by atoms with Crippen molar-refractivity contribution < 1.29 is 19.5 Å². The number of carbonyl (C=O) groups excluding carboxylic acids is 2. The minimum atomic E-state index is -1.08. The van der Waals surface area contributed by atoms with Gasteiger partial charge in [-0.05, 0) is 35.1 Å². The van der Waals surface area contributed by atoms with E-state index in [2.05, 4.69) is 10.6 Å². The van der Waals surface area contributed by atoms with Crippen molar-refractivity contribution in [2.75, 3.05) is 0 Å². The van der Waals surface area contributed by atoms with E-state index in [-0.39, 0.29) is 24.7 Å². The molecule has 0 aliphatic rings. The van der Waals surface area contributed by atoms with Crippen LogP contribution in [0.1, 0.15) is 39.2 Å². The number of rotatable bonds is 9. The number of nitrogens with one attached hydrogen (secondary N) is 2. The number of aliphatic carboxylic acids is 1. The smallest absolute Gasteiger partial charge is 0.326 e. The maximum Gasteiger partial charge on any atom is 0.326 e. The molecule has 3 N–H and O–H groups in total. The molecule has 6 nitrogen and oxygen atoms in total. The molecule has 2 aromatic carbocycles. The van der Waals surface area contributed by atoms with Crippen molar-refractivity contribution in [3.05, 3.63) is 48.0 Å². The monoisotopic (exact) mass is 384 g/mol. The van der Waals surface area contributed by atoms with E-state index in [4.69, 9.17) is 5.11 Å². The van der Waals surface area contributed by atoms with Gasteiger partial charge in [-0.3, -0.25) is 9.59 Å². The summed E-state index contributed by atoms with van der Waals surface area (Å²) in [5, 5.41) is 16.5. The summed E-state index contributed by atoms with van der Waals surface area (Å²) in [7, 11) is 0. The third kappa shape index (κ3) is 5.81. The number of carbonyl (C=O) groups is 3. The van der Waals surface area contributed by atoms with Gasteiger partial charge in [-0.15, -0.1) is 0 Å². The molecule has 0 aromatic heterocycles. The molecule has 0 spiro atoms. The molecule has 0 heterocycles. The van der Waals surface area contributed by atoms with Gasteiger partial charge in [0.1, 0.15) is 12.1 Å². The van der Waals surface area contributed by atoms with Crippen LogP contribution in [-0.4, -0.2) is 35.0 Å². The quantitative estimate of drug-likeness (QED) is 0.619. The van der Waals surface area contributed by atoms with Crippen LogP contribution in [-0.2, 0) is 20.8 Å². The number of hydrogen-bond donors (Lipinski definition) is 3. The first-order valence-electron chi connectivity index (χ1n) is 9.61. The predicted molar refractivity (Wildman–Crippen MR) is 109 cm³/mol. The molecule has 2 aromatic rings. The highest BCUT2D eigenvalue weighted by molar-refractivity contribution is 5.93. The Labute approximate surface area is 165 Å². The van der Waals surface area contributed by atoms with Crippen LogP contribution in [0.25, 0.3) is 10.8 Å². The lowest BCUT2D eigenvalue weighted by atomic mass is 10.00. The average molecular weight is 384 g/mol. The predicted octanol–water partition coefficient (Wildman–Crippen LogP) is 2.89. The largest absolute Gasteiger partial charge is 0.480 e. The van der Waals surface area contributed by atoms with Crippen LogP contribution in [0.15, 0.2) is 42.5 Å². The standard InChI is InChI=1S/C22H28N2O4/c1-4-18(22(27)28)24-21(26)19(12-14(2)3)23-20(25)13-16-10-7-9-15-8-5-6-11-17(15)16/h5-11,14,18-19H,4,12-13H2,1-3H3,(H,23,25)(H,24,26)(H,27,28)/t18?,19-/m0/s1. The number of amides is 2. The molecule has 0 saturated carbocycles. The molecule has 28 heavy (non-hydrogen) atoms. The highest BCUT2D eigenvalue weighted by Crippen LogP contribution is 2.19. The van der Waals surface area contributed by atoms with Gasteiger partial charge in [0.05, 0.1) is 6.42 Å². The van der Waals surface area contributed by atoms with Gasteiger partial charge < -0.3 is 15.7 Å². The summed E-state index contributed by atoms with van der Waals surface area (Å²) in [5.74, 6) is -1.64. The first kappa shape index (κ1) is 21.4. The van der Waals surface area contributed by atoms with Crippen LogP contribution < -0.4 is 10.6 Å². The Morgan fingerprint density at radius 1 is 0.964 bits per heavy atom. The molecular formula is C22H28N2O4. The first-order valence-corrected chi connectivity index (χ1v) is 9.61. The summed E-state index contributed by atoms with van der Waals surface area (Å²) in [5.41, 5.74) is 0.885. The lowest BCUT2D eigenvalue weighted by Crippen LogP contribution is -2.52. The van der Waals surface area contributed by atoms with E-state index in [0.717, 1.165) is 16.3 Å². The van der Waals surface area contributed by atoms with Crippen molar-refractivity contribution in [1.29, 1.82) is 0 Å². The Morgan fingerprint density at radius 3 is 2.29 bits per heavy atom. The fourth-order valence-corrected chi connectivity index (χ4v) is 3.18. The van der Waals surface area contributed by atoms with Gasteiger partial charge >= 0.3 is 5.97 Å². The molecule has 0 radical (unpaired) electrons. The van der Waals surface area contributed by atoms with Crippen LogP contribution in [0, 0.1) is 5.92 Å². The van der Waals surface area contributed by atoms with Crippen LogP contribution in [0.2, 0.25) is 0 Å². The molecule has 6 heteroatoms. The van der Waals surface area contributed by atoms with Crippen molar-refractivity contribution in [3.63, 3.8) is 0 Å². The average Bonchev–Trinajstić information content (AvgIpc) is 2.65. The van der Waals surface area contributed by atoms with Gasteiger partial charge in [-0.1, -0.05) is 63.2 Å². The van der Waals surface area contributed by atoms with E-state index in [1.165, 1.54) is 0 Å². The van der Waals surface area contributed by atoms with Crippen molar-refractivity contribution in [3.8, 4) is 0 Å². The molecular weight excluding hydrogens is 356 g/mol. The Kier molecular flexibility index (Phi) is 7.55. The van der Waals surface area contributed by atoms with E-state index in [1.54, 1.807) is 6.92 Å². The molecule has 0 saturated heterocycles. The molecule has 0 bridgehead atoms. The highest BCUT2D eigenvalue weighted by Gasteiger charge is 2.26. The van der Waals surface area contributed by atoms with Gasteiger partial charge in [0.15, 0.2) is 0 Å². The zero-order valence-electron chi connectivity index (χ0n) is 16.6. The number of fused-ring (bicyclic) bond motifs is 1. The number of benzene rings is 2. The minimum absolute atomic E-state index is 0.152. The first-order chi connectivity index (χ1) is 13.3. The van der Waals surface area contributed by atoms with E-state index in [0.29, 0.717) is 6.42 Å². The van der Waals surface area contributed by atoms with E-state index in [1.807, 2.05) is 56.3 Å². The Morgan fingerprint density at radius 2 is 1.64 bits per heavy atom. The molecule has 0 aliphatic carbocycles. The summed E-state index contributed by atoms with van der Waals surface area (Å²) in [6, 6.07) is 11.9. The minimum Gasteiger partial charge on any atom is -0.480 e. The third-order valence-corrected chi connectivity index (χ3v) is 4.61. The zero-order chi connectivity index (χ0) is 20.7. The van der Waals surface area contributed by atoms with Gasteiger partial charge in [0.25, 0.3) is 0 Å². The van der Waals surface area contributed by atoms with Crippen LogP contribution in [0.4, 0.5) is 0 Å². The lowest BCUT2D eigenvalue weighted by Gasteiger charge is -2.22. The van der Waals surface area contributed by atoms with Gasteiger partial charge in [0.2, 0.25) is 11.8 Å². The summed E-state index contributed by atoms with van der Waals surface area (Å²) in [6.45, 7) is 5.59. The fraction of sp³-hybridized carbons (Fsp3) is 0.409. The second kappa shape index (κ2) is 9.88. The SMILES string of the molecule is CCC(NC(=O)[C@H](CC(C)C)NC(=O)Cc1cccc2ccccc12)C(=O)O. The van der Waals surface area contributed by atoms with Crippen molar-refractivity contribution >= 4 is 28.6 Å². The van der Waals surface area contributed by atoms with E-state index in [9.17, 15) is 14.4 Å². The van der Waals surface area contributed by atoms with Gasteiger partial charge in [-0.25, -0.2) is 4.79 Å². The molecule has 1 unspecified atom stereocenters. The lowest BCUT2D eigenvalue weighted by molar-refractivity contribution is -0.142. The summed E-state index contributed by atoms with van der Waals surface area (Å²) < 4.78 is 0. The van der Waals surface area contributed by atoms with Crippen molar-refractivity contribution in [1.82, 2.24) is 10.6 Å². The molecule has 0 aliphatic heterocycles. The fourth-order valence-electron chi connectivity index (χ4n) is 3.18. The van der Waals surface area contributed by atoms with E-state index < -0.39 is 24.0 Å². The third-order valence-electron chi connectivity index (χ3n) is 4.61. The molecule has 0 fully saturated rings. The second-order valence-corrected chi connectivity index (χ2v) is 7.37. The normalized spacial score (nSPS) is 13.1. The maximum atomic E-state index is 12.6. The van der Waals surface area contributed by atoms with Crippen molar-refractivity contribution in [2.45, 2.75) is 52.1 Å². The number of carboxylic acid groups (broad SMARTS) is 1. The van der Waals surface area contributed by atoms with Crippen LogP contribution in [0.3, 0.4) is 0 Å². The Balaban J connectivity index is 2.11. The van der Waals surface area contributed by atoms with Gasteiger partial charge in [0, 0.05) is 0 Å². The summed E-state index contributed by atoms with van der Waals surface area (Å²) in [4.78, 5) is 36.4. The zero-order valence-corrected chi connectivity index (χ0v) is 16.6. The molecule has 150 valence electrons. The molecule has 2 atom stereocenters. The van der Waals surface area contributed by atoms with E-state index >= 15 is 0 Å². The molecule has 2 amide bonds. The Hall–Kier alpha value is -2.89. The summed E-state index contributed by atoms with van der Waals surface area (Å²) >= 11 is 0. The number of carboxylic acids is 1. The topological polar surface area (TPSA) is 95.5 Å². The second-order valence-electron chi connectivity index (χ2n) is 7.37. The Bertz CT molecular complexity index is 842. The van der Waals surface area contributed by atoms with Crippen LogP contribution >= 0.6 is 0 Å². The number of hydrogen-bond acceptors (Lipinski definition) is 3. The van der Waals surface area contributed by atoms with Crippen molar-refractivity contribution in [2.24, 2.45) is 5.92 Å². The summed E-state index contributed by atoms with van der Waals surface area (Å²) in [6.07, 6.45) is 0.863. The highest BCUT2D eigenvalue weighted by atomic mass is 16.4.